The predicted molar refractivity (Wildman–Crippen MR) is 128 cm³/mol. The van der Waals surface area contributed by atoms with Gasteiger partial charge in [-0.25, -0.2) is 0 Å². The van der Waals surface area contributed by atoms with Crippen molar-refractivity contribution in [3.8, 4) is 0 Å². The van der Waals surface area contributed by atoms with Crippen LogP contribution in [0.5, 0.6) is 0 Å². The Bertz CT molecular complexity index is 1110. The van der Waals surface area contributed by atoms with Crippen molar-refractivity contribution in [2.45, 2.75) is 50.9 Å². The molecule has 1 aliphatic carbocycles. The molecule has 0 bridgehead atoms. The highest BCUT2D eigenvalue weighted by Crippen LogP contribution is 2.58. The maximum Gasteiger partial charge on any atom is 0.225 e. The summed E-state index contributed by atoms with van der Waals surface area (Å²) in [5.74, 6) is 2.73. The molecule has 8 heteroatoms. The molecule has 174 valence electrons. The highest BCUT2D eigenvalue weighted by Gasteiger charge is 2.50. The highest BCUT2D eigenvalue weighted by atomic mass is 32.2. The van der Waals surface area contributed by atoms with Crippen LogP contribution in [0.1, 0.15) is 48.6 Å². The fourth-order valence-electron chi connectivity index (χ4n) is 6.09. The summed E-state index contributed by atoms with van der Waals surface area (Å²) in [6.07, 6.45) is 2.87. The van der Waals surface area contributed by atoms with Gasteiger partial charge in [0.05, 0.1) is 30.8 Å². The number of nitrogens with zero attached hydrogens (tertiary/aromatic N) is 4. The van der Waals surface area contributed by atoms with Crippen LogP contribution in [0, 0.1) is 18.8 Å². The third-order valence-electron chi connectivity index (χ3n) is 7.70. The first-order chi connectivity index (χ1) is 16.2. The SMILES string of the molecule is CCc1ccccc1C1NCc2nnc(C)n2C2=C1C1CC(C(=O)N3CCOCC3)CC1S2. The molecule has 4 heterocycles. The van der Waals surface area contributed by atoms with E-state index < -0.39 is 0 Å². The van der Waals surface area contributed by atoms with Crippen LogP contribution < -0.4 is 5.32 Å². The molecule has 6 rings (SSSR count). The van der Waals surface area contributed by atoms with Crippen LogP contribution in [0.4, 0.5) is 0 Å². The van der Waals surface area contributed by atoms with E-state index in [0.717, 1.165) is 44.0 Å². The molecule has 0 radical (unpaired) electrons. The zero-order chi connectivity index (χ0) is 22.5. The second kappa shape index (κ2) is 8.56. The average molecular weight is 466 g/mol. The predicted octanol–water partition coefficient (Wildman–Crippen LogP) is 3.16. The van der Waals surface area contributed by atoms with Gasteiger partial charge in [-0.05, 0) is 48.8 Å². The Morgan fingerprint density at radius 1 is 1.21 bits per heavy atom. The number of ether oxygens (including phenoxy) is 1. The van der Waals surface area contributed by atoms with Gasteiger partial charge in [0, 0.05) is 24.3 Å². The van der Waals surface area contributed by atoms with Crippen molar-refractivity contribution in [3.63, 3.8) is 0 Å². The third-order valence-corrected chi connectivity index (χ3v) is 9.17. The minimum absolute atomic E-state index is 0.103. The summed E-state index contributed by atoms with van der Waals surface area (Å²) >= 11 is 1.95. The van der Waals surface area contributed by atoms with Crippen molar-refractivity contribution in [1.29, 1.82) is 0 Å². The lowest BCUT2D eigenvalue weighted by Gasteiger charge is -2.30. The standard InChI is InChI=1S/C25H31N5O2S/c1-3-16-6-4-5-7-18(16)23-22-19-12-17(24(31)29-8-10-32-11-9-29)13-20(19)33-25(22)30-15(2)27-28-21(30)14-26-23/h4-7,17,19-20,23,26H,3,8-14H2,1-2H3. The fraction of sp³-hybridized carbons (Fsp3) is 0.560. The molecule has 0 spiro atoms. The lowest BCUT2D eigenvalue weighted by atomic mass is 9.85. The van der Waals surface area contributed by atoms with Crippen LogP contribution in [0.3, 0.4) is 0 Å². The number of carbonyl (C=O) groups is 1. The zero-order valence-electron chi connectivity index (χ0n) is 19.3. The van der Waals surface area contributed by atoms with Crippen LogP contribution in [0.15, 0.2) is 29.8 Å². The molecule has 4 atom stereocenters. The largest absolute Gasteiger partial charge is 0.378 e. The molecule has 4 unspecified atom stereocenters. The summed E-state index contributed by atoms with van der Waals surface area (Å²) in [7, 11) is 0. The van der Waals surface area contributed by atoms with Gasteiger partial charge in [0.15, 0.2) is 5.82 Å². The van der Waals surface area contributed by atoms with Gasteiger partial charge in [-0.3, -0.25) is 14.7 Å². The second-order valence-corrected chi connectivity index (χ2v) is 10.7. The molecule has 2 fully saturated rings. The number of aromatic nitrogens is 3. The Morgan fingerprint density at radius 2 is 2.03 bits per heavy atom. The number of aryl methyl sites for hydroxylation is 2. The smallest absolute Gasteiger partial charge is 0.225 e. The fourth-order valence-corrected chi connectivity index (χ4v) is 7.88. The van der Waals surface area contributed by atoms with Crippen LogP contribution in [-0.2, 0) is 22.5 Å². The number of hydrogen-bond acceptors (Lipinski definition) is 6. The lowest BCUT2D eigenvalue weighted by Crippen LogP contribution is -2.43. The lowest BCUT2D eigenvalue weighted by molar-refractivity contribution is -0.139. The number of amides is 1. The van der Waals surface area contributed by atoms with Crippen LogP contribution in [0.25, 0.3) is 5.03 Å². The van der Waals surface area contributed by atoms with Crippen molar-refractivity contribution >= 4 is 22.7 Å². The summed E-state index contributed by atoms with van der Waals surface area (Å²) in [4.78, 5) is 15.3. The van der Waals surface area contributed by atoms with Crippen molar-refractivity contribution < 1.29 is 9.53 Å². The van der Waals surface area contributed by atoms with Crippen molar-refractivity contribution in [2.75, 3.05) is 26.3 Å². The van der Waals surface area contributed by atoms with E-state index >= 15 is 0 Å². The zero-order valence-corrected chi connectivity index (χ0v) is 20.1. The number of nitrogens with one attached hydrogen (secondary N) is 1. The number of morpholine rings is 1. The van der Waals surface area contributed by atoms with Gasteiger partial charge in [0.2, 0.25) is 5.91 Å². The van der Waals surface area contributed by atoms with Crippen LogP contribution >= 0.6 is 11.8 Å². The van der Waals surface area contributed by atoms with E-state index in [1.54, 1.807) is 0 Å². The Kier molecular flexibility index (Phi) is 5.55. The van der Waals surface area contributed by atoms with Gasteiger partial charge in [0.1, 0.15) is 5.82 Å². The Balaban J connectivity index is 1.38. The number of hydrogen-bond donors (Lipinski definition) is 1. The summed E-state index contributed by atoms with van der Waals surface area (Å²) in [6.45, 7) is 7.72. The molecule has 1 saturated carbocycles. The van der Waals surface area contributed by atoms with Gasteiger partial charge in [-0.2, -0.15) is 0 Å². The molecule has 1 aromatic heterocycles. The molecular weight excluding hydrogens is 434 g/mol. The van der Waals surface area contributed by atoms with E-state index in [4.69, 9.17) is 4.74 Å². The van der Waals surface area contributed by atoms with Gasteiger partial charge < -0.3 is 9.64 Å². The minimum atomic E-state index is 0.103. The van der Waals surface area contributed by atoms with Gasteiger partial charge in [-0.15, -0.1) is 22.0 Å². The van der Waals surface area contributed by atoms with Crippen molar-refractivity contribution in [3.05, 3.63) is 52.6 Å². The quantitative estimate of drug-likeness (QED) is 0.751. The molecule has 2 aromatic rings. The number of benzene rings is 1. The van der Waals surface area contributed by atoms with Gasteiger partial charge in [0.25, 0.3) is 0 Å². The molecule has 4 aliphatic rings. The first kappa shape index (κ1) is 21.4. The van der Waals surface area contributed by atoms with Gasteiger partial charge >= 0.3 is 0 Å². The normalized spacial score (nSPS) is 29.0. The third kappa shape index (κ3) is 3.54. The molecule has 1 saturated heterocycles. The topological polar surface area (TPSA) is 72.3 Å². The minimum Gasteiger partial charge on any atom is -0.378 e. The molecule has 1 amide bonds. The van der Waals surface area contributed by atoms with Crippen molar-refractivity contribution in [1.82, 2.24) is 25.0 Å². The molecule has 33 heavy (non-hydrogen) atoms. The number of rotatable bonds is 3. The Labute approximate surface area is 199 Å². The first-order valence-corrected chi connectivity index (χ1v) is 13.0. The van der Waals surface area contributed by atoms with E-state index in [2.05, 4.69) is 51.3 Å². The number of carbonyl (C=O) groups excluding carboxylic acids is 1. The average Bonchev–Trinajstić information content (AvgIpc) is 3.49. The number of fused-ring (bicyclic) bond motifs is 4. The molecular formula is C25H31N5O2S. The monoisotopic (exact) mass is 465 g/mol. The second-order valence-electron chi connectivity index (χ2n) is 9.49. The maximum absolute atomic E-state index is 13.3. The molecule has 3 aliphatic heterocycles. The Hall–Kier alpha value is -2.16. The van der Waals surface area contributed by atoms with E-state index in [1.165, 1.54) is 21.7 Å². The van der Waals surface area contributed by atoms with Gasteiger partial charge in [-0.1, -0.05) is 31.2 Å². The summed E-state index contributed by atoms with van der Waals surface area (Å²) in [5.41, 5.74) is 4.17. The summed E-state index contributed by atoms with van der Waals surface area (Å²) in [6, 6.07) is 8.92. The van der Waals surface area contributed by atoms with E-state index in [0.29, 0.717) is 36.8 Å². The van der Waals surface area contributed by atoms with Crippen LogP contribution in [0.2, 0.25) is 0 Å². The maximum atomic E-state index is 13.3. The van der Waals surface area contributed by atoms with E-state index in [-0.39, 0.29) is 12.0 Å². The van der Waals surface area contributed by atoms with Crippen LogP contribution in [-0.4, -0.2) is 57.1 Å². The molecule has 1 N–H and O–H groups in total. The molecule has 1 aromatic carbocycles. The summed E-state index contributed by atoms with van der Waals surface area (Å²) in [5, 5.41) is 14.4. The Morgan fingerprint density at radius 3 is 2.85 bits per heavy atom. The highest BCUT2D eigenvalue weighted by molar-refractivity contribution is 8.08. The van der Waals surface area contributed by atoms with E-state index in [1.807, 2.05) is 23.6 Å². The van der Waals surface area contributed by atoms with E-state index in [9.17, 15) is 4.79 Å². The number of thioether (sulfide) groups is 1. The summed E-state index contributed by atoms with van der Waals surface area (Å²) < 4.78 is 7.73. The first-order valence-electron chi connectivity index (χ1n) is 12.2. The molecule has 7 nitrogen and oxygen atoms in total. The van der Waals surface area contributed by atoms with Crippen molar-refractivity contribution in [2.24, 2.45) is 11.8 Å².